The number of carbonyl (C=O) groups excluding carboxylic acids is 2. The minimum atomic E-state index is -3.79. The van der Waals surface area contributed by atoms with E-state index in [1.165, 1.54) is 49.0 Å². The maximum Gasteiger partial charge on any atom is 0.237 e. The summed E-state index contributed by atoms with van der Waals surface area (Å²) in [6, 6.07) is 8.53. The molecule has 3 rings (SSSR count). The molecule has 0 spiro atoms. The third kappa shape index (κ3) is 4.62. The van der Waals surface area contributed by atoms with Gasteiger partial charge in [-0.1, -0.05) is 0 Å². The number of fused-ring (bicyclic) bond motifs is 1. The van der Waals surface area contributed by atoms with Crippen molar-refractivity contribution >= 4 is 44.8 Å². The summed E-state index contributed by atoms with van der Waals surface area (Å²) in [5.41, 5.74) is 1.44. The van der Waals surface area contributed by atoms with Gasteiger partial charge in [0.25, 0.3) is 0 Å². The number of carbonyl (C=O) groups is 2. The lowest BCUT2D eigenvalue weighted by atomic mass is 10.2. The molecule has 1 aliphatic rings. The van der Waals surface area contributed by atoms with E-state index in [9.17, 15) is 22.4 Å². The molecule has 2 aromatic rings. The van der Waals surface area contributed by atoms with Gasteiger partial charge in [-0.25, -0.2) is 12.8 Å². The predicted molar refractivity (Wildman–Crippen MR) is 111 cm³/mol. The monoisotopic (exact) mass is 436 g/mol. The van der Waals surface area contributed by atoms with Gasteiger partial charge in [-0.2, -0.15) is 0 Å². The summed E-state index contributed by atoms with van der Waals surface area (Å²) in [5, 5.41) is 4.11. The average Bonchev–Trinajstić information content (AvgIpc) is 2.64. The Hall–Kier alpha value is -2.39. The van der Waals surface area contributed by atoms with Crippen LogP contribution in [0.4, 0.5) is 15.8 Å². The van der Waals surface area contributed by atoms with Gasteiger partial charge >= 0.3 is 0 Å². The van der Waals surface area contributed by atoms with Gasteiger partial charge in [0.05, 0.1) is 21.1 Å². The van der Waals surface area contributed by atoms with E-state index in [-0.39, 0.29) is 22.5 Å². The second kappa shape index (κ2) is 8.16. The number of halogens is 1. The molecule has 0 saturated heterocycles. The highest BCUT2D eigenvalue weighted by atomic mass is 32.2. The number of hydrogen-bond donors (Lipinski definition) is 2. The first-order valence-electron chi connectivity index (χ1n) is 8.99. The Kier molecular flexibility index (Phi) is 6.00. The highest BCUT2D eigenvalue weighted by Gasteiger charge is 2.29. The number of benzene rings is 2. The zero-order valence-corrected chi connectivity index (χ0v) is 17.8. The van der Waals surface area contributed by atoms with Gasteiger partial charge in [-0.05, 0) is 62.7 Å². The topological polar surface area (TPSA) is 92.3 Å². The van der Waals surface area contributed by atoms with Crippen LogP contribution in [0, 0.1) is 12.7 Å². The quantitative estimate of drug-likeness (QED) is 0.745. The van der Waals surface area contributed by atoms with Gasteiger partial charge in [-0.15, -0.1) is 11.8 Å². The van der Waals surface area contributed by atoms with Gasteiger partial charge in [0.15, 0.2) is 9.84 Å². The van der Waals surface area contributed by atoms with Crippen molar-refractivity contribution in [3.63, 3.8) is 0 Å². The normalized spacial score (nSPS) is 17.2. The average molecular weight is 437 g/mol. The van der Waals surface area contributed by atoms with Crippen LogP contribution in [0.15, 0.2) is 46.2 Å². The number of sulfone groups is 1. The van der Waals surface area contributed by atoms with Crippen molar-refractivity contribution in [1.29, 1.82) is 0 Å². The Morgan fingerprint density at radius 2 is 2.00 bits per heavy atom. The minimum absolute atomic E-state index is 0.0463. The maximum atomic E-state index is 13.2. The number of thioether (sulfide) groups is 1. The molecule has 29 heavy (non-hydrogen) atoms. The van der Waals surface area contributed by atoms with Crippen LogP contribution in [0.25, 0.3) is 0 Å². The van der Waals surface area contributed by atoms with E-state index in [0.29, 0.717) is 16.9 Å². The molecule has 9 heteroatoms. The molecule has 6 nitrogen and oxygen atoms in total. The van der Waals surface area contributed by atoms with E-state index < -0.39 is 26.8 Å². The molecular formula is C20H21FN2O4S2. The summed E-state index contributed by atoms with van der Waals surface area (Å²) in [6.45, 7) is 4.89. The molecule has 154 valence electrons. The van der Waals surface area contributed by atoms with Crippen LogP contribution in [0.1, 0.15) is 25.8 Å². The molecular weight excluding hydrogens is 415 g/mol. The summed E-state index contributed by atoms with van der Waals surface area (Å²) in [7, 11) is -3.79. The lowest BCUT2D eigenvalue weighted by Gasteiger charge is -2.22. The Balaban J connectivity index is 1.74. The van der Waals surface area contributed by atoms with Gasteiger partial charge in [0, 0.05) is 17.0 Å². The van der Waals surface area contributed by atoms with E-state index >= 15 is 0 Å². The first-order valence-corrected chi connectivity index (χ1v) is 11.4. The van der Waals surface area contributed by atoms with Gasteiger partial charge < -0.3 is 10.6 Å². The predicted octanol–water partition coefficient (Wildman–Crippen LogP) is 3.76. The van der Waals surface area contributed by atoms with Crippen molar-refractivity contribution in [1.82, 2.24) is 0 Å². The fraction of sp³-hybridized carbons (Fsp3) is 0.300. The number of anilines is 2. The molecule has 0 radical (unpaired) electrons. The highest BCUT2D eigenvalue weighted by Crippen LogP contribution is 2.37. The smallest absolute Gasteiger partial charge is 0.237 e. The second-order valence-electron chi connectivity index (χ2n) is 6.97. The second-order valence-corrected chi connectivity index (χ2v) is 10.7. The number of nitrogens with one attached hydrogen (secondary N) is 2. The van der Waals surface area contributed by atoms with E-state index in [0.717, 1.165) is 4.90 Å². The molecule has 0 saturated carbocycles. The lowest BCUT2D eigenvalue weighted by molar-refractivity contribution is -0.116. The first kappa shape index (κ1) is 21.3. The highest BCUT2D eigenvalue weighted by molar-refractivity contribution is 8.01. The first-order chi connectivity index (χ1) is 13.6. The Morgan fingerprint density at radius 3 is 2.69 bits per heavy atom. The largest absolute Gasteiger partial charge is 0.326 e. The molecule has 0 unspecified atom stereocenters. The fourth-order valence-electron chi connectivity index (χ4n) is 2.94. The molecule has 1 heterocycles. The van der Waals surface area contributed by atoms with Crippen molar-refractivity contribution in [2.24, 2.45) is 0 Å². The summed E-state index contributed by atoms with van der Waals surface area (Å²) < 4.78 is 39.0. The van der Waals surface area contributed by atoms with Crippen LogP contribution in [-0.4, -0.2) is 30.7 Å². The molecule has 2 amide bonds. The van der Waals surface area contributed by atoms with Crippen molar-refractivity contribution in [2.75, 3.05) is 10.6 Å². The Bertz CT molecular complexity index is 1090. The third-order valence-electron chi connectivity index (χ3n) is 4.68. The molecule has 0 fully saturated rings. The van der Waals surface area contributed by atoms with E-state index in [1.54, 1.807) is 19.9 Å². The van der Waals surface area contributed by atoms with Crippen LogP contribution in [-0.2, 0) is 19.4 Å². The maximum absolute atomic E-state index is 13.2. The van der Waals surface area contributed by atoms with Crippen LogP contribution < -0.4 is 10.6 Å². The molecule has 1 aliphatic heterocycles. The number of amides is 2. The van der Waals surface area contributed by atoms with E-state index in [1.807, 2.05) is 0 Å². The van der Waals surface area contributed by atoms with Crippen molar-refractivity contribution < 1.29 is 22.4 Å². The Morgan fingerprint density at radius 1 is 1.28 bits per heavy atom. The molecule has 2 N–H and O–H groups in total. The van der Waals surface area contributed by atoms with Gasteiger partial charge in [0.1, 0.15) is 5.82 Å². The zero-order chi connectivity index (χ0) is 21.3. The van der Waals surface area contributed by atoms with Crippen molar-refractivity contribution in [3.8, 4) is 0 Å². The van der Waals surface area contributed by atoms with Crippen LogP contribution >= 0.6 is 11.8 Å². The lowest BCUT2D eigenvalue weighted by Crippen LogP contribution is -2.27. The number of hydrogen-bond acceptors (Lipinski definition) is 5. The summed E-state index contributed by atoms with van der Waals surface area (Å²) in [6.07, 6.45) is -0.256. The molecule has 2 aromatic carbocycles. The summed E-state index contributed by atoms with van der Waals surface area (Å²) in [5.74, 6) is -1.07. The number of aryl methyl sites for hydroxylation is 1. The summed E-state index contributed by atoms with van der Waals surface area (Å²) >= 11 is 1.36. The standard InChI is InChI=1S/C20H21FN2O4S2/c1-11-8-14(21)4-6-16(11)22-19(24)9-12(2)29(26,27)15-5-7-18-17(10-15)23-20(25)13(3)28-18/h4-8,10,12-13H,9H2,1-3H3,(H,22,24)(H,23,25)/t12-,13+/m0/s1. The van der Waals surface area contributed by atoms with Crippen LogP contribution in [0.3, 0.4) is 0 Å². The molecule has 0 bridgehead atoms. The Labute approximate surface area is 173 Å². The van der Waals surface area contributed by atoms with Gasteiger partial charge in [0.2, 0.25) is 11.8 Å². The van der Waals surface area contributed by atoms with Crippen LogP contribution in [0.2, 0.25) is 0 Å². The van der Waals surface area contributed by atoms with E-state index in [2.05, 4.69) is 10.6 Å². The minimum Gasteiger partial charge on any atom is -0.326 e. The fourth-order valence-corrected chi connectivity index (χ4v) is 5.24. The third-order valence-corrected chi connectivity index (χ3v) is 7.99. The number of rotatable bonds is 5. The molecule has 0 aliphatic carbocycles. The zero-order valence-electron chi connectivity index (χ0n) is 16.2. The summed E-state index contributed by atoms with van der Waals surface area (Å²) in [4.78, 5) is 25.0. The van der Waals surface area contributed by atoms with E-state index in [4.69, 9.17) is 0 Å². The van der Waals surface area contributed by atoms with Gasteiger partial charge in [-0.3, -0.25) is 9.59 Å². The van der Waals surface area contributed by atoms with Crippen LogP contribution in [0.5, 0.6) is 0 Å². The molecule has 2 atom stereocenters. The van der Waals surface area contributed by atoms with Crippen molar-refractivity contribution in [2.45, 2.75) is 47.5 Å². The SMILES string of the molecule is Cc1cc(F)ccc1NC(=O)C[C@H](C)S(=O)(=O)c1ccc2c(c1)NC(=O)[C@@H](C)S2. The van der Waals surface area contributed by atoms with Crippen molar-refractivity contribution in [3.05, 3.63) is 47.8 Å². The molecule has 0 aromatic heterocycles.